The second-order valence-electron chi connectivity index (χ2n) is 2.85. The molecule has 0 saturated heterocycles. The minimum Gasteiger partial charge on any atom is -0.691 e. The van der Waals surface area contributed by atoms with E-state index in [1.165, 1.54) is 19.1 Å². The van der Waals surface area contributed by atoms with Crippen LogP contribution in [-0.2, 0) is 0 Å². The SMILES string of the molecule is Cc1c([N+](=O)[O-])ccc2[nH]n[n+]([O-])c12. The van der Waals surface area contributed by atoms with Gasteiger partial charge in [0.05, 0.1) is 15.7 Å². The maximum absolute atomic E-state index is 11.1. The summed E-state index contributed by atoms with van der Waals surface area (Å²) in [6.07, 6.45) is 0. The Bertz CT molecular complexity index is 519. The molecule has 0 fully saturated rings. The highest BCUT2D eigenvalue weighted by molar-refractivity contribution is 5.78. The smallest absolute Gasteiger partial charge is 0.276 e. The molecule has 0 aliphatic rings. The highest BCUT2D eigenvalue weighted by Crippen LogP contribution is 2.22. The van der Waals surface area contributed by atoms with Crippen LogP contribution < -0.4 is 4.85 Å². The number of nitrogens with one attached hydrogen (secondary N) is 1. The predicted molar refractivity (Wildman–Crippen MR) is 46.4 cm³/mol. The first kappa shape index (κ1) is 8.42. The third kappa shape index (κ3) is 0.987. The molecule has 0 unspecified atom stereocenters. The van der Waals surface area contributed by atoms with Crippen molar-refractivity contribution in [1.29, 1.82) is 0 Å². The minimum atomic E-state index is -0.526. The van der Waals surface area contributed by atoms with E-state index < -0.39 is 4.92 Å². The van der Waals surface area contributed by atoms with Crippen LogP contribution in [0.25, 0.3) is 11.0 Å². The molecule has 0 radical (unpaired) electrons. The summed E-state index contributed by atoms with van der Waals surface area (Å²) in [7, 11) is 0. The summed E-state index contributed by atoms with van der Waals surface area (Å²) in [4.78, 5) is 10.4. The fourth-order valence-corrected chi connectivity index (χ4v) is 1.37. The number of H-pyrrole nitrogens is 1. The molecule has 0 spiro atoms. The van der Waals surface area contributed by atoms with Crippen LogP contribution in [0.1, 0.15) is 5.56 Å². The lowest BCUT2D eigenvalue weighted by molar-refractivity contribution is -0.644. The van der Waals surface area contributed by atoms with E-state index in [-0.39, 0.29) is 11.2 Å². The van der Waals surface area contributed by atoms with Crippen LogP contribution in [0, 0.1) is 22.2 Å². The standard InChI is InChI=1S/C7H6N4O3/c1-4-6(11(13)14)3-2-5-7(4)10(12)9-8-5/h2-3,8H,1H3. The van der Waals surface area contributed by atoms with Gasteiger partial charge in [0.25, 0.3) is 5.69 Å². The second kappa shape index (κ2) is 2.66. The first-order valence-electron chi connectivity index (χ1n) is 3.83. The number of aromatic amines is 1. The van der Waals surface area contributed by atoms with E-state index in [9.17, 15) is 15.3 Å². The largest absolute Gasteiger partial charge is 0.691 e. The molecular weight excluding hydrogens is 188 g/mol. The summed E-state index contributed by atoms with van der Waals surface area (Å²) < 4.78 is 0. The van der Waals surface area contributed by atoms with Crippen molar-refractivity contribution in [2.45, 2.75) is 6.92 Å². The zero-order valence-electron chi connectivity index (χ0n) is 7.22. The summed E-state index contributed by atoms with van der Waals surface area (Å²) in [5.41, 5.74) is 0.932. The molecule has 7 heteroatoms. The maximum Gasteiger partial charge on any atom is 0.276 e. The van der Waals surface area contributed by atoms with Crippen molar-refractivity contribution < 1.29 is 9.77 Å². The number of rotatable bonds is 1. The van der Waals surface area contributed by atoms with E-state index >= 15 is 0 Å². The first-order valence-corrected chi connectivity index (χ1v) is 3.83. The van der Waals surface area contributed by atoms with Crippen LogP contribution in [0.5, 0.6) is 0 Å². The third-order valence-electron chi connectivity index (χ3n) is 2.05. The summed E-state index contributed by atoms with van der Waals surface area (Å²) in [5, 5.41) is 27.5. The van der Waals surface area contributed by atoms with Gasteiger partial charge >= 0.3 is 0 Å². The average Bonchev–Trinajstić information content (AvgIpc) is 2.48. The topological polar surface area (TPSA) is 98.8 Å². The normalized spacial score (nSPS) is 10.6. The molecule has 1 aromatic heterocycles. The zero-order chi connectivity index (χ0) is 10.3. The monoisotopic (exact) mass is 194 g/mol. The van der Waals surface area contributed by atoms with Crippen LogP contribution in [0.4, 0.5) is 5.69 Å². The molecule has 1 N–H and O–H groups in total. The molecule has 1 aromatic carbocycles. The van der Waals surface area contributed by atoms with Crippen molar-refractivity contribution >= 4 is 16.7 Å². The number of aryl methyl sites for hydroxylation is 1. The lowest BCUT2D eigenvalue weighted by Gasteiger charge is -1.97. The fraction of sp³-hybridized carbons (Fsp3) is 0.143. The highest BCUT2D eigenvalue weighted by atomic mass is 16.6. The van der Waals surface area contributed by atoms with Crippen LogP contribution in [0.15, 0.2) is 12.1 Å². The Balaban J connectivity index is 2.86. The van der Waals surface area contributed by atoms with Gasteiger partial charge in [0.15, 0.2) is 5.52 Å². The number of fused-ring (bicyclic) bond motifs is 1. The predicted octanol–water partition coefficient (Wildman–Crippen LogP) is 0.413. The van der Waals surface area contributed by atoms with E-state index in [1.807, 2.05) is 0 Å². The van der Waals surface area contributed by atoms with Gasteiger partial charge in [0, 0.05) is 6.07 Å². The van der Waals surface area contributed by atoms with Gasteiger partial charge in [-0.15, -0.1) is 9.94 Å². The number of nitro groups is 1. The lowest BCUT2D eigenvalue weighted by atomic mass is 10.1. The molecule has 1 heterocycles. The first-order chi connectivity index (χ1) is 6.61. The number of nitro benzene ring substituents is 1. The van der Waals surface area contributed by atoms with Gasteiger partial charge in [-0.2, -0.15) is 0 Å². The van der Waals surface area contributed by atoms with Crippen molar-refractivity contribution in [1.82, 2.24) is 10.3 Å². The molecule has 0 bridgehead atoms. The molecule has 72 valence electrons. The number of benzene rings is 1. The van der Waals surface area contributed by atoms with E-state index in [0.29, 0.717) is 15.9 Å². The van der Waals surface area contributed by atoms with Gasteiger partial charge < -0.3 is 5.21 Å². The molecule has 0 saturated carbocycles. The van der Waals surface area contributed by atoms with E-state index in [0.717, 1.165) is 0 Å². The number of hydrogen-bond acceptors (Lipinski definition) is 4. The molecule has 0 atom stereocenters. The van der Waals surface area contributed by atoms with Crippen molar-refractivity contribution in [2.75, 3.05) is 0 Å². The Morgan fingerprint density at radius 3 is 2.93 bits per heavy atom. The third-order valence-corrected chi connectivity index (χ3v) is 2.05. The summed E-state index contributed by atoms with van der Waals surface area (Å²) >= 11 is 0. The molecule has 7 nitrogen and oxygen atoms in total. The Labute approximate surface area is 77.7 Å². The zero-order valence-corrected chi connectivity index (χ0v) is 7.22. The quantitative estimate of drug-likeness (QED) is 0.307. The Hall–Kier alpha value is -2.18. The molecule has 2 aromatic rings. The van der Waals surface area contributed by atoms with E-state index in [2.05, 4.69) is 10.3 Å². The molecule has 0 aliphatic heterocycles. The minimum absolute atomic E-state index is 0.0801. The van der Waals surface area contributed by atoms with Gasteiger partial charge in [-0.3, -0.25) is 10.1 Å². The number of nitrogens with zero attached hydrogens (tertiary/aromatic N) is 3. The van der Waals surface area contributed by atoms with Gasteiger partial charge in [-0.25, -0.2) is 0 Å². The van der Waals surface area contributed by atoms with Gasteiger partial charge in [0.1, 0.15) is 0 Å². The van der Waals surface area contributed by atoms with Crippen LogP contribution in [0.2, 0.25) is 0 Å². The molecule has 2 rings (SSSR count). The summed E-state index contributed by atoms with van der Waals surface area (Å²) in [6, 6.07) is 2.80. The average molecular weight is 194 g/mol. The van der Waals surface area contributed by atoms with Crippen molar-refractivity contribution in [3.05, 3.63) is 33.0 Å². The van der Waals surface area contributed by atoms with Crippen molar-refractivity contribution in [3.8, 4) is 0 Å². The Morgan fingerprint density at radius 1 is 1.57 bits per heavy atom. The lowest BCUT2D eigenvalue weighted by Crippen LogP contribution is -2.28. The molecule has 0 amide bonds. The second-order valence-corrected chi connectivity index (χ2v) is 2.85. The molecule has 14 heavy (non-hydrogen) atoms. The molecular formula is C7H6N4O3. The number of aromatic nitrogens is 3. The van der Waals surface area contributed by atoms with E-state index in [1.54, 1.807) is 0 Å². The van der Waals surface area contributed by atoms with Gasteiger partial charge in [-0.05, 0) is 13.0 Å². The van der Waals surface area contributed by atoms with Crippen LogP contribution >= 0.6 is 0 Å². The van der Waals surface area contributed by atoms with Gasteiger partial charge in [0.2, 0.25) is 5.52 Å². The Morgan fingerprint density at radius 2 is 2.29 bits per heavy atom. The van der Waals surface area contributed by atoms with Crippen LogP contribution in [0.3, 0.4) is 0 Å². The Kier molecular flexibility index (Phi) is 1.60. The fourth-order valence-electron chi connectivity index (χ4n) is 1.37. The van der Waals surface area contributed by atoms with Crippen LogP contribution in [-0.4, -0.2) is 15.2 Å². The molecule has 0 aliphatic carbocycles. The summed E-state index contributed by atoms with van der Waals surface area (Å²) in [6.45, 7) is 1.52. The van der Waals surface area contributed by atoms with Crippen molar-refractivity contribution in [3.63, 3.8) is 0 Å². The summed E-state index contributed by atoms with van der Waals surface area (Å²) in [5.74, 6) is 0. The van der Waals surface area contributed by atoms with Gasteiger partial charge in [-0.1, -0.05) is 0 Å². The number of hydrogen-bond donors (Lipinski definition) is 1. The highest BCUT2D eigenvalue weighted by Gasteiger charge is 2.19. The van der Waals surface area contributed by atoms with Crippen molar-refractivity contribution in [2.24, 2.45) is 0 Å². The van der Waals surface area contributed by atoms with E-state index in [4.69, 9.17) is 0 Å². The maximum atomic E-state index is 11.1.